The lowest BCUT2D eigenvalue weighted by molar-refractivity contribution is -0.173. The van der Waals surface area contributed by atoms with E-state index in [4.69, 9.17) is 11.6 Å². The number of halogens is 1. The lowest BCUT2D eigenvalue weighted by Crippen LogP contribution is -2.60. The van der Waals surface area contributed by atoms with Crippen LogP contribution >= 0.6 is 11.6 Å². The van der Waals surface area contributed by atoms with Crippen LogP contribution in [0.1, 0.15) is 129 Å². The third-order valence-electron chi connectivity index (χ3n) is 17.3. The van der Waals surface area contributed by atoms with Gasteiger partial charge in [0.15, 0.2) is 11.5 Å². The number of aliphatic carboxylic acids is 1. The van der Waals surface area contributed by atoms with Gasteiger partial charge in [-0.2, -0.15) is 0 Å². The molecule has 0 aromatic heterocycles. The van der Waals surface area contributed by atoms with E-state index in [1.807, 2.05) is 6.92 Å². The second kappa shape index (κ2) is 19.4. The van der Waals surface area contributed by atoms with Crippen LogP contribution in [0.15, 0.2) is 35.4 Å². The number of ketones is 2. The highest BCUT2D eigenvalue weighted by atomic mass is 35.5. The zero-order valence-electron chi connectivity index (χ0n) is 37.9. The number of amides is 1. The van der Waals surface area contributed by atoms with E-state index in [0.717, 1.165) is 63.2 Å². The fraction of sp³-hybridized carbons (Fsp3) is 0.735. The Kier molecular flexibility index (Phi) is 15.6. The van der Waals surface area contributed by atoms with Crippen molar-refractivity contribution in [3.63, 3.8) is 0 Å². The van der Waals surface area contributed by atoms with Crippen LogP contribution in [0, 0.1) is 75.4 Å². The highest BCUT2D eigenvalue weighted by Crippen LogP contribution is 2.72. The van der Waals surface area contributed by atoms with Crippen molar-refractivity contribution in [2.24, 2.45) is 81.2 Å². The van der Waals surface area contributed by atoms with Crippen LogP contribution in [0.5, 0.6) is 0 Å². The number of aliphatic hydroxyl groups excluding tert-OH is 1. The van der Waals surface area contributed by atoms with Crippen LogP contribution in [0.2, 0.25) is 5.02 Å². The summed E-state index contributed by atoms with van der Waals surface area (Å²) in [6.07, 6.45) is 11.0. The number of fused-ring (bicyclic) bond motifs is 7. The van der Waals surface area contributed by atoms with Gasteiger partial charge >= 0.3 is 5.97 Å². The fourth-order valence-corrected chi connectivity index (χ4v) is 14.1. The van der Waals surface area contributed by atoms with Gasteiger partial charge in [-0.25, -0.2) is 0 Å². The zero-order valence-corrected chi connectivity index (χ0v) is 38.7. The molecule has 1 aromatic carbocycles. The van der Waals surface area contributed by atoms with Gasteiger partial charge < -0.3 is 26.4 Å². The number of carbonyl (C=O) groups excluding carboxylic acids is 4. The van der Waals surface area contributed by atoms with E-state index >= 15 is 0 Å². The number of carboxylic acids is 1. The first-order valence-corrected chi connectivity index (χ1v) is 23.3. The van der Waals surface area contributed by atoms with Crippen molar-refractivity contribution >= 4 is 41.3 Å². The standard InChI is InChI=1S/C41H64N2O7.C7H5ClO.CH5N/c1-22(2)35-32(46)18-40(19-34(47)43-20-41(50,21-44)42-7)15-12-30-26(36(35)40)8-9-33-38(5)13-10-25(23(3)29(38)11-14-39(30,33)6)16-31(45)27-17-28(24(27)4)37(48)49;8-7-3-1-6(5-9)2-4-7;1-2/h22-30,33,42,44,50H,8-21H2,1-7H3,(H,43,47)(H,48,49);1-5H;2H2,1H3. The number of carboxylic acid groups (broad SMARTS) is 1. The number of carbonyl (C=O) groups is 5. The third kappa shape index (κ3) is 9.34. The van der Waals surface area contributed by atoms with E-state index in [2.05, 4.69) is 51.0 Å². The number of allylic oxidation sites excluding steroid dienone is 2. The van der Waals surface area contributed by atoms with Crippen molar-refractivity contribution < 1.29 is 39.3 Å². The summed E-state index contributed by atoms with van der Waals surface area (Å²) in [7, 11) is 3.04. The molecule has 5 fully saturated rings. The fourth-order valence-electron chi connectivity index (χ4n) is 14.0. The smallest absolute Gasteiger partial charge is 0.306 e. The number of aldehydes is 1. The molecule has 0 heterocycles. The lowest BCUT2D eigenvalue weighted by atomic mass is 9.37. The van der Waals surface area contributed by atoms with Gasteiger partial charge in [-0.1, -0.05) is 70.8 Å². The Morgan fingerprint density at radius 2 is 1.57 bits per heavy atom. The topological polar surface area (TPSA) is 196 Å². The summed E-state index contributed by atoms with van der Waals surface area (Å²) < 4.78 is 0. The normalized spacial score (nSPS) is 37.1. The average molecular weight is 869 g/mol. The minimum Gasteiger partial charge on any atom is -0.481 e. The van der Waals surface area contributed by atoms with E-state index in [9.17, 15) is 39.3 Å². The van der Waals surface area contributed by atoms with E-state index in [1.54, 1.807) is 31.3 Å². The molecule has 61 heavy (non-hydrogen) atoms. The number of nitrogens with one attached hydrogen (secondary N) is 2. The van der Waals surface area contributed by atoms with E-state index in [1.165, 1.54) is 12.6 Å². The first-order valence-electron chi connectivity index (χ1n) is 22.9. The van der Waals surface area contributed by atoms with Gasteiger partial charge in [0.25, 0.3) is 0 Å². The molecule has 13 atom stereocenters. The number of aliphatic hydroxyl groups is 2. The Morgan fingerprint density at radius 3 is 2.15 bits per heavy atom. The Balaban J connectivity index is 0.000000562. The minimum absolute atomic E-state index is 0.0653. The van der Waals surface area contributed by atoms with Crippen molar-refractivity contribution in [1.82, 2.24) is 10.6 Å². The monoisotopic (exact) mass is 868 g/mol. The first kappa shape index (κ1) is 49.1. The lowest BCUT2D eigenvalue weighted by Gasteiger charge is -2.67. The van der Waals surface area contributed by atoms with Crippen LogP contribution in [0.4, 0.5) is 0 Å². The minimum atomic E-state index is -1.59. The molecular weight excluding hydrogens is 794 g/mol. The number of Topliss-reactive ketones (excluding diaryl/α,β-unsaturated/α-hetero) is 2. The molecule has 11 nitrogen and oxygen atoms in total. The van der Waals surface area contributed by atoms with Gasteiger partial charge in [0, 0.05) is 41.2 Å². The Hall–Kier alpha value is -2.96. The number of hydrogen-bond acceptors (Lipinski definition) is 9. The number of benzene rings is 1. The molecule has 0 bridgehead atoms. The quantitative estimate of drug-likeness (QED) is 0.0920. The average Bonchev–Trinajstić information content (AvgIpc) is 3.53. The SMILES string of the molecule is CN.CNC(O)(CO)CNC(=O)CC12CCC3C(CCC4C3(C)CCC3C(C)C(CC(=O)C5CC(C(=O)O)C5C)CCC34C)C1=C(C(C)C)C(=O)C2.O=Cc1ccc(Cl)cc1. The largest absolute Gasteiger partial charge is 0.481 e. The van der Waals surface area contributed by atoms with Gasteiger partial charge in [-0.15, -0.1) is 0 Å². The molecule has 13 unspecified atom stereocenters. The maximum absolute atomic E-state index is 13.8. The number of nitrogens with two attached hydrogens (primary N) is 1. The Labute approximate surface area is 368 Å². The third-order valence-corrected chi connectivity index (χ3v) is 17.5. The van der Waals surface area contributed by atoms with Crippen LogP contribution in [0.25, 0.3) is 0 Å². The first-order chi connectivity index (χ1) is 28.8. The summed E-state index contributed by atoms with van der Waals surface area (Å²) in [4.78, 5) is 62.3. The maximum Gasteiger partial charge on any atom is 0.306 e. The highest BCUT2D eigenvalue weighted by molar-refractivity contribution is 6.30. The van der Waals surface area contributed by atoms with Gasteiger partial charge in [0.05, 0.1) is 19.1 Å². The summed E-state index contributed by atoms with van der Waals surface area (Å²) in [5, 5.41) is 35.7. The predicted molar refractivity (Wildman–Crippen MR) is 237 cm³/mol. The summed E-state index contributed by atoms with van der Waals surface area (Å²) in [6.45, 7) is 13.0. The number of likely N-dealkylation sites (N-methyl/N-ethyl adjacent to an activating group) is 1. The van der Waals surface area contributed by atoms with Gasteiger partial charge in [0.2, 0.25) is 5.91 Å². The number of rotatable bonds is 12. The molecule has 0 saturated heterocycles. The predicted octanol–water partition coefficient (Wildman–Crippen LogP) is 7.25. The molecule has 6 aliphatic carbocycles. The van der Waals surface area contributed by atoms with E-state index < -0.39 is 23.7 Å². The molecule has 5 saturated carbocycles. The molecule has 1 amide bonds. The second-order valence-electron chi connectivity index (χ2n) is 20.4. The summed E-state index contributed by atoms with van der Waals surface area (Å²) >= 11 is 5.55. The maximum atomic E-state index is 13.8. The van der Waals surface area contributed by atoms with Crippen LogP contribution in [0.3, 0.4) is 0 Å². The van der Waals surface area contributed by atoms with Crippen molar-refractivity contribution in [3.05, 3.63) is 46.0 Å². The molecule has 0 aliphatic heterocycles. The summed E-state index contributed by atoms with van der Waals surface area (Å²) in [5.74, 6) is 1.78. The zero-order chi connectivity index (χ0) is 45.2. The second-order valence-corrected chi connectivity index (χ2v) is 20.9. The molecule has 0 radical (unpaired) electrons. The van der Waals surface area contributed by atoms with Crippen molar-refractivity contribution in [2.45, 2.75) is 124 Å². The summed E-state index contributed by atoms with van der Waals surface area (Å²) in [6, 6.07) is 6.72. The van der Waals surface area contributed by atoms with Crippen LogP contribution in [-0.2, 0) is 19.2 Å². The number of hydrogen-bond donors (Lipinski definition) is 6. The van der Waals surface area contributed by atoms with Gasteiger partial charge in [-0.05, 0) is 148 Å². The Morgan fingerprint density at radius 1 is 0.951 bits per heavy atom. The summed E-state index contributed by atoms with van der Waals surface area (Å²) in [5.41, 5.74) is 5.65. The van der Waals surface area contributed by atoms with Crippen LogP contribution in [-0.4, -0.2) is 78.0 Å². The van der Waals surface area contributed by atoms with Crippen LogP contribution < -0.4 is 16.4 Å². The molecule has 6 aliphatic rings. The van der Waals surface area contributed by atoms with Crippen molar-refractivity contribution in [2.75, 3.05) is 27.2 Å². The van der Waals surface area contributed by atoms with Gasteiger partial charge in [-0.3, -0.25) is 29.3 Å². The molecule has 12 heteroatoms. The van der Waals surface area contributed by atoms with Crippen molar-refractivity contribution in [3.8, 4) is 0 Å². The molecule has 1 aromatic rings. The van der Waals surface area contributed by atoms with E-state index in [-0.39, 0.29) is 64.9 Å². The molecule has 7 rings (SSSR count). The highest BCUT2D eigenvalue weighted by Gasteiger charge is 2.65. The van der Waals surface area contributed by atoms with Crippen molar-refractivity contribution in [1.29, 1.82) is 0 Å². The molecule has 0 spiro atoms. The Bertz CT molecular complexity index is 1810. The van der Waals surface area contributed by atoms with Gasteiger partial charge in [0.1, 0.15) is 12.1 Å². The molecular formula is C49H74ClN3O8. The van der Waals surface area contributed by atoms with E-state index in [0.29, 0.717) is 65.4 Å². The molecule has 7 N–H and O–H groups in total. The molecule has 340 valence electrons.